The number of ether oxygens (including phenoxy) is 1. The van der Waals surface area contributed by atoms with E-state index in [1.54, 1.807) is 29.7 Å². The first-order chi connectivity index (χ1) is 14.7. The molecule has 5 rings (SSSR count). The van der Waals surface area contributed by atoms with E-state index in [1.807, 2.05) is 0 Å². The topological polar surface area (TPSA) is 91.4 Å². The summed E-state index contributed by atoms with van der Waals surface area (Å²) in [5.41, 5.74) is 2.73. The van der Waals surface area contributed by atoms with Gasteiger partial charge in [0.05, 0.1) is 23.4 Å². The minimum absolute atomic E-state index is 0.0754. The number of morpholine rings is 1. The Morgan fingerprint density at radius 2 is 2.13 bits per heavy atom. The van der Waals surface area contributed by atoms with E-state index >= 15 is 0 Å². The number of aromatic nitrogens is 2. The van der Waals surface area contributed by atoms with Crippen LogP contribution in [0.15, 0.2) is 36.5 Å². The molecule has 1 amide bonds. The zero-order chi connectivity index (χ0) is 20.3. The normalized spacial score (nSPS) is 19.2. The molecular formula is C21H24N6O2S. The minimum Gasteiger partial charge on any atom is -0.378 e. The maximum absolute atomic E-state index is 12.5. The summed E-state index contributed by atoms with van der Waals surface area (Å²) in [4.78, 5) is 23.9. The molecule has 0 aliphatic carbocycles. The van der Waals surface area contributed by atoms with Gasteiger partial charge in [0.1, 0.15) is 5.82 Å². The largest absolute Gasteiger partial charge is 0.378 e. The first-order valence-corrected chi connectivity index (χ1v) is 11.0. The van der Waals surface area contributed by atoms with Crippen molar-refractivity contribution in [2.24, 2.45) is 0 Å². The number of carbonyl (C=O) groups is 1. The summed E-state index contributed by atoms with van der Waals surface area (Å²) < 4.78 is 6.56. The van der Waals surface area contributed by atoms with Crippen molar-refractivity contribution in [3.63, 3.8) is 0 Å². The lowest BCUT2D eigenvalue weighted by Crippen LogP contribution is -2.36. The molecule has 9 heteroatoms. The number of rotatable bonds is 5. The van der Waals surface area contributed by atoms with Gasteiger partial charge in [0.2, 0.25) is 0 Å². The number of nitrogens with one attached hydrogen (secondary N) is 3. The van der Waals surface area contributed by atoms with Crippen molar-refractivity contribution in [2.45, 2.75) is 12.5 Å². The second-order valence-electron chi connectivity index (χ2n) is 7.49. The van der Waals surface area contributed by atoms with Crippen LogP contribution in [0.4, 0.5) is 16.6 Å². The van der Waals surface area contributed by atoms with Crippen molar-refractivity contribution < 1.29 is 9.53 Å². The fourth-order valence-corrected chi connectivity index (χ4v) is 4.69. The zero-order valence-electron chi connectivity index (χ0n) is 16.6. The number of thiazole rings is 1. The lowest BCUT2D eigenvalue weighted by Gasteiger charge is -2.28. The third kappa shape index (κ3) is 4.23. The predicted molar refractivity (Wildman–Crippen MR) is 119 cm³/mol. The van der Waals surface area contributed by atoms with Gasteiger partial charge in [0, 0.05) is 43.1 Å². The summed E-state index contributed by atoms with van der Waals surface area (Å²) in [6.45, 7) is 5.11. The van der Waals surface area contributed by atoms with Gasteiger partial charge in [-0.3, -0.25) is 4.79 Å². The van der Waals surface area contributed by atoms with Crippen molar-refractivity contribution >= 4 is 44.1 Å². The first kappa shape index (κ1) is 19.2. The van der Waals surface area contributed by atoms with Crippen molar-refractivity contribution in [1.29, 1.82) is 0 Å². The monoisotopic (exact) mass is 424 g/mol. The number of pyridine rings is 1. The maximum Gasteiger partial charge on any atom is 0.251 e. The van der Waals surface area contributed by atoms with E-state index in [0.717, 1.165) is 61.2 Å². The molecule has 8 nitrogen and oxygen atoms in total. The van der Waals surface area contributed by atoms with Crippen LogP contribution in [0.3, 0.4) is 0 Å². The maximum atomic E-state index is 12.5. The van der Waals surface area contributed by atoms with Gasteiger partial charge in [-0.05, 0) is 43.3 Å². The summed E-state index contributed by atoms with van der Waals surface area (Å²) in [7, 11) is 0. The van der Waals surface area contributed by atoms with Crippen LogP contribution in [0.5, 0.6) is 0 Å². The molecule has 3 aromatic rings. The first-order valence-electron chi connectivity index (χ1n) is 10.2. The SMILES string of the molecule is O=C(N[C@@H]1CCNC1)c1ccnc(Nc2nc3ccc(N4CCOCC4)cc3s2)c1. The summed E-state index contributed by atoms with van der Waals surface area (Å²) in [5, 5.41) is 10.3. The van der Waals surface area contributed by atoms with E-state index in [-0.39, 0.29) is 11.9 Å². The van der Waals surface area contributed by atoms with Crippen LogP contribution in [0.1, 0.15) is 16.8 Å². The van der Waals surface area contributed by atoms with Crippen LogP contribution in [-0.4, -0.2) is 61.3 Å². The highest BCUT2D eigenvalue weighted by Crippen LogP contribution is 2.31. The van der Waals surface area contributed by atoms with E-state index < -0.39 is 0 Å². The van der Waals surface area contributed by atoms with E-state index in [4.69, 9.17) is 4.74 Å². The number of hydrogen-bond donors (Lipinski definition) is 3. The molecule has 2 aromatic heterocycles. The highest BCUT2D eigenvalue weighted by molar-refractivity contribution is 7.22. The predicted octanol–water partition coefficient (Wildman–Crippen LogP) is 2.36. The van der Waals surface area contributed by atoms with E-state index in [2.05, 4.69) is 49.0 Å². The Kier molecular flexibility index (Phi) is 5.48. The number of hydrogen-bond acceptors (Lipinski definition) is 8. The number of nitrogens with zero attached hydrogens (tertiary/aromatic N) is 3. The molecule has 0 bridgehead atoms. The molecular weight excluding hydrogens is 400 g/mol. The van der Waals surface area contributed by atoms with Crippen LogP contribution < -0.4 is 20.9 Å². The molecule has 4 heterocycles. The van der Waals surface area contributed by atoms with Gasteiger partial charge in [-0.25, -0.2) is 9.97 Å². The Balaban J connectivity index is 1.30. The van der Waals surface area contributed by atoms with Gasteiger partial charge < -0.3 is 25.6 Å². The van der Waals surface area contributed by atoms with Gasteiger partial charge in [-0.1, -0.05) is 11.3 Å². The number of carbonyl (C=O) groups excluding carboxylic acids is 1. The molecule has 2 fully saturated rings. The highest BCUT2D eigenvalue weighted by Gasteiger charge is 2.18. The van der Waals surface area contributed by atoms with Crippen molar-refractivity contribution in [3.8, 4) is 0 Å². The Labute approximate surface area is 178 Å². The molecule has 0 unspecified atom stereocenters. The van der Waals surface area contributed by atoms with Crippen LogP contribution in [0.25, 0.3) is 10.2 Å². The summed E-state index contributed by atoms with van der Waals surface area (Å²) >= 11 is 1.58. The summed E-state index contributed by atoms with van der Waals surface area (Å²) in [5.74, 6) is 0.535. The second kappa shape index (κ2) is 8.55. The molecule has 0 spiro atoms. The summed E-state index contributed by atoms with van der Waals surface area (Å²) in [6.07, 6.45) is 2.61. The van der Waals surface area contributed by atoms with Crippen molar-refractivity contribution in [1.82, 2.24) is 20.6 Å². The molecule has 156 valence electrons. The molecule has 30 heavy (non-hydrogen) atoms. The fraction of sp³-hybridized carbons (Fsp3) is 0.381. The highest BCUT2D eigenvalue weighted by atomic mass is 32.1. The van der Waals surface area contributed by atoms with Crippen molar-refractivity contribution in [3.05, 3.63) is 42.1 Å². The average molecular weight is 425 g/mol. The van der Waals surface area contributed by atoms with Crippen LogP contribution in [-0.2, 0) is 4.74 Å². The second-order valence-corrected chi connectivity index (χ2v) is 8.52. The molecule has 2 aliphatic heterocycles. The van der Waals surface area contributed by atoms with Gasteiger partial charge in [0.25, 0.3) is 5.91 Å². The van der Waals surface area contributed by atoms with Gasteiger partial charge in [-0.15, -0.1) is 0 Å². The Bertz CT molecular complexity index is 1040. The number of amides is 1. The van der Waals surface area contributed by atoms with Gasteiger partial charge in [-0.2, -0.15) is 0 Å². The molecule has 0 saturated carbocycles. The molecule has 3 N–H and O–H groups in total. The van der Waals surface area contributed by atoms with Gasteiger partial charge >= 0.3 is 0 Å². The number of anilines is 3. The quantitative estimate of drug-likeness (QED) is 0.579. The number of fused-ring (bicyclic) bond motifs is 1. The Morgan fingerprint density at radius 3 is 2.97 bits per heavy atom. The van der Waals surface area contributed by atoms with E-state index in [9.17, 15) is 4.79 Å². The molecule has 0 radical (unpaired) electrons. The molecule has 1 aromatic carbocycles. The Morgan fingerprint density at radius 1 is 1.23 bits per heavy atom. The average Bonchev–Trinajstić information content (AvgIpc) is 3.43. The lowest BCUT2D eigenvalue weighted by molar-refractivity contribution is 0.0940. The van der Waals surface area contributed by atoms with E-state index in [1.165, 1.54) is 5.69 Å². The third-order valence-electron chi connectivity index (χ3n) is 5.40. The van der Waals surface area contributed by atoms with Gasteiger partial charge in [0.15, 0.2) is 5.13 Å². The van der Waals surface area contributed by atoms with E-state index in [0.29, 0.717) is 11.4 Å². The smallest absolute Gasteiger partial charge is 0.251 e. The zero-order valence-corrected chi connectivity index (χ0v) is 17.4. The lowest BCUT2D eigenvalue weighted by atomic mass is 10.2. The molecule has 2 aliphatic rings. The van der Waals surface area contributed by atoms with Crippen molar-refractivity contribution in [2.75, 3.05) is 49.6 Å². The minimum atomic E-state index is -0.0754. The standard InChI is InChI=1S/C21H24N6O2S/c28-20(24-15-4-5-22-13-15)14-3-6-23-19(11-14)26-21-25-17-2-1-16(12-18(17)30-21)27-7-9-29-10-8-27/h1-3,6,11-12,15,22H,4-5,7-10,13H2,(H,24,28)(H,23,25,26)/t15-/m1/s1. The Hall–Kier alpha value is -2.75. The van der Waals surface area contributed by atoms with Crippen LogP contribution in [0.2, 0.25) is 0 Å². The number of benzene rings is 1. The van der Waals surface area contributed by atoms with Crippen LogP contribution >= 0.6 is 11.3 Å². The van der Waals surface area contributed by atoms with Crippen LogP contribution in [0, 0.1) is 0 Å². The molecule has 1 atom stereocenters. The third-order valence-corrected chi connectivity index (χ3v) is 6.33. The summed E-state index contributed by atoms with van der Waals surface area (Å²) in [6, 6.07) is 10.0. The molecule has 2 saturated heterocycles. The fourth-order valence-electron chi connectivity index (χ4n) is 3.78.